The number of benzene rings is 1. The lowest BCUT2D eigenvalue weighted by Crippen LogP contribution is -2.45. The molecule has 1 N–H and O–H groups in total. The first-order valence-electron chi connectivity index (χ1n) is 10.2. The smallest absolute Gasteiger partial charge is 0.316 e. The van der Waals surface area contributed by atoms with Crippen LogP contribution in [-0.4, -0.2) is 40.1 Å². The molecule has 6 nitrogen and oxygen atoms in total. The second kappa shape index (κ2) is 6.57. The fourth-order valence-corrected chi connectivity index (χ4v) is 4.43. The molecule has 2 aliphatic carbocycles. The summed E-state index contributed by atoms with van der Waals surface area (Å²) in [5.74, 6) is 0.510. The summed E-state index contributed by atoms with van der Waals surface area (Å²) >= 11 is 0. The van der Waals surface area contributed by atoms with E-state index in [1.165, 1.54) is 18.9 Å². The van der Waals surface area contributed by atoms with Crippen molar-refractivity contribution < 1.29 is 13.6 Å². The van der Waals surface area contributed by atoms with Gasteiger partial charge in [0.1, 0.15) is 11.9 Å². The van der Waals surface area contributed by atoms with Gasteiger partial charge in [-0.3, -0.25) is 4.79 Å². The van der Waals surface area contributed by atoms with E-state index in [0.717, 1.165) is 32.4 Å². The van der Waals surface area contributed by atoms with Gasteiger partial charge >= 0.3 is 6.01 Å². The lowest BCUT2D eigenvalue weighted by atomic mass is 9.93. The maximum absolute atomic E-state index is 13.9. The number of amides is 1. The Morgan fingerprint density at radius 2 is 1.96 bits per heavy atom. The van der Waals surface area contributed by atoms with Crippen LogP contribution < -0.4 is 5.32 Å². The molecular weight excluding hydrogens is 359 g/mol. The molecule has 7 heteroatoms. The van der Waals surface area contributed by atoms with Crippen molar-refractivity contribution in [2.75, 3.05) is 18.4 Å². The monoisotopic (exact) mass is 384 g/mol. The Kier molecular flexibility index (Phi) is 4.14. The van der Waals surface area contributed by atoms with E-state index in [2.05, 4.69) is 15.5 Å². The highest BCUT2D eigenvalue weighted by molar-refractivity contribution is 5.83. The molecule has 2 aromatic rings. The van der Waals surface area contributed by atoms with Gasteiger partial charge in [-0.25, -0.2) is 4.39 Å². The zero-order valence-electron chi connectivity index (χ0n) is 16.0. The molecule has 3 atom stereocenters. The number of rotatable bonds is 5. The molecule has 3 aliphatic rings. The average Bonchev–Trinajstić information content (AvgIpc) is 3.61. The van der Waals surface area contributed by atoms with Crippen molar-refractivity contribution in [3.8, 4) is 0 Å². The van der Waals surface area contributed by atoms with Gasteiger partial charge in [-0.15, -0.1) is 5.10 Å². The second-order valence-corrected chi connectivity index (χ2v) is 8.61. The average molecular weight is 384 g/mol. The largest absolute Gasteiger partial charge is 0.408 e. The Morgan fingerprint density at radius 3 is 2.68 bits per heavy atom. The van der Waals surface area contributed by atoms with Crippen LogP contribution in [0.3, 0.4) is 0 Å². The van der Waals surface area contributed by atoms with Gasteiger partial charge < -0.3 is 14.6 Å². The highest BCUT2D eigenvalue weighted by Gasteiger charge is 2.46. The zero-order valence-corrected chi connectivity index (χ0v) is 16.0. The zero-order chi connectivity index (χ0) is 19.3. The summed E-state index contributed by atoms with van der Waals surface area (Å²) < 4.78 is 19.7. The number of hydrogen-bond donors (Lipinski definition) is 1. The van der Waals surface area contributed by atoms with E-state index in [0.29, 0.717) is 16.9 Å². The molecule has 0 radical (unpaired) electrons. The molecule has 2 saturated carbocycles. The van der Waals surface area contributed by atoms with Gasteiger partial charge in [-0.1, -0.05) is 23.3 Å². The summed E-state index contributed by atoms with van der Waals surface area (Å²) in [6.07, 6.45) is 5.68. The van der Waals surface area contributed by atoms with Gasteiger partial charge in [0.25, 0.3) is 0 Å². The SMILES string of the molecule is C[C@H](Nc1nnc(C2CC2c2ccccc2F)o1)C(=O)N1CCC2(CC1)CC2. The molecule has 148 valence electrons. The highest BCUT2D eigenvalue weighted by atomic mass is 19.1. The third kappa shape index (κ3) is 3.27. The van der Waals surface area contributed by atoms with Crippen molar-refractivity contribution in [1.29, 1.82) is 0 Å². The number of halogens is 1. The number of piperidine rings is 1. The topological polar surface area (TPSA) is 71.3 Å². The normalized spacial score (nSPS) is 26.1. The Morgan fingerprint density at radius 1 is 1.21 bits per heavy atom. The standard InChI is InChI=1S/C21H25FN4O2/c1-13(19(27)26-10-8-21(6-7-21)9-11-26)23-20-25-24-18(28-20)16-12-15(16)14-4-2-3-5-17(14)22/h2-5,13,15-16H,6-12H2,1H3,(H,23,25)/t13-,15?,16?/m0/s1. The Hall–Kier alpha value is -2.44. The van der Waals surface area contributed by atoms with Crippen LogP contribution in [0.4, 0.5) is 10.4 Å². The maximum Gasteiger partial charge on any atom is 0.316 e. The minimum atomic E-state index is -0.414. The van der Waals surface area contributed by atoms with Crippen molar-refractivity contribution in [3.63, 3.8) is 0 Å². The molecule has 1 aliphatic heterocycles. The van der Waals surface area contributed by atoms with Crippen LogP contribution in [0, 0.1) is 11.2 Å². The Labute approximate surface area is 163 Å². The van der Waals surface area contributed by atoms with Crippen LogP contribution in [0.5, 0.6) is 0 Å². The van der Waals surface area contributed by atoms with Gasteiger partial charge in [-0.05, 0) is 62.0 Å². The third-order valence-electron chi connectivity index (χ3n) is 6.66. The fraction of sp³-hybridized carbons (Fsp3) is 0.571. The molecule has 3 fully saturated rings. The lowest BCUT2D eigenvalue weighted by molar-refractivity contribution is -0.133. The molecule has 1 aromatic heterocycles. The van der Waals surface area contributed by atoms with Crippen molar-refractivity contribution in [2.24, 2.45) is 5.41 Å². The quantitative estimate of drug-likeness (QED) is 0.851. The molecule has 0 bridgehead atoms. The summed E-state index contributed by atoms with van der Waals surface area (Å²) in [6, 6.07) is 6.66. The van der Waals surface area contributed by atoms with Crippen LogP contribution in [-0.2, 0) is 4.79 Å². The Bertz CT molecular complexity index is 884. The van der Waals surface area contributed by atoms with Crippen LogP contribution in [0.15, 0.2) is 28.7 Å². The van der Waals surface area contributed by atoms with Gasteiger partial charge in [-0.2, -0.15) is 0 Å². The molecule has 28 heavy (non-hydrogen) atoms. The number of anilines is 1. The summed E-state index contributed by atoms with van der Waals surface area (Å²) in [5, 5.41) is 11.2. The molecule has 1 aromatic carbocycles. The van der Waals surface area contributed by atoms with Gasteiger partial charge in [0, 0.05) is 19.0 Å². The van der Waals surface area contributed by atoms with Gasteiger partial charge in [0.2, 0.25) is 11.8 Å². The predicted octanol–water partition coefficient (Wildman–Crippen LogP) is 3.68. The summed E-state index contributed by atoms with van der Waals surface area (Å²) in [6.45, 7) is 3.51. The molecule has 1 spiro atoms. The van der Waals surface area contributed by atoms with Crippen molar-refractivity contribution in [2.45, 2.75) is 56.9 Å². The first-order chi connectivity index (χ1) is 13.5. The Balaban J connectivity index is 1.18. The molecule has 2 heterocycles. The van der Waals surface area contributed by atoms with Crippen LogP contribution in [0.25, 0.3) is 0 Å². The predicted molar refractivity (Wildman–Crippen MR) is 101 cm³/mol. The first-order valence-corrected chi connectivity index (χ1v) is 10.2. The van der Waals surface area contributed by atoms with Crippen LogP contribution in [0.1, 0.15) is 62.3 Å². The van der Waals surface area contributed by atoms with E-state index in [9.17, 15) is 9.18 Å². The molecule has 5 rings (SSSR count). The van der Waals surface area contributed by atoms with Crippen LogP contribution >= 0.6 is 0 Å². The van der Waals surface area contributed by atoms with Gasteiger partial charge in [0.15, 0.2) is 0 Å². The molecule has 2 unspecified atom stereocenters. The lowest BCUT2D eigenvalue weighted by Gasteiger charge is -2.33. The summed E-state index contributed by atoms with van der Waals surface area (Å²) in [7, 11) is 0. The number of carbonyl (C=O) groups excluding carboxylic acids is 1. The van der Waals surface area contributed by atoms with E-state index >= 15 is 0 Å². The summed E-state index contributed by atoms with van der Waals surface area (Å²) in [4.78, 5) is 14.6. The minimum absolute atomic E-state index is 0.0442. The van der Waals surface area contributed by atoms with E-state index in [1.807, 2.05) is 17.9 Å². The van der Waals surface area contributed by atoms with E-state index in [4.69, 9.17) is 4.42 Å². The second-order valence-electron chi connectivity index (χ2n) is 8.61. The van der Waals surface area contributed by atoms with Crippen molar-refractivity contribution >= 4 is 11.9 Å². The summed E-state index contributed by atoms with van der Waals surface area (Å²) in [5.41, 5.74) is 1.25. The molecule has 1 amide bonds. The van der Waals surface area contributed by atoms with Gasteiger partial charge in [0.05, 0.1) is 0 Å². The molecular formula is C21H25FN4O2. The van der Waals surface area contributed by atoms with Crippen molar-refractivity contribution in [1.82, 2.24) is 15.1 Å². The number of carbonyl (C=O) groups is 1. The van der Waals surface area contributed by atoms with E-state index in [-0.39, 0.29) is 29.6 Å². The first kappa shape index (κ1) is 17.6. The third-order valence-corrected chi connectivity index (χ3v) is 6.66. The minimum Gasteiger partial charge on any atom is -0.408 e. The number of nitrogens with one attached hydrogen (secondary N) is 1. The maximum atomic E-state index is 13.9. The molecule has 1 saturated heterocycles. The van der Waals surface area contributed by atoms with Crippen LogP contribution in [0.2, 0.25) is 0 Å². The number of likely N-dealkylation sites (tertiary alicyclic amines) is 1. The highest BCUT2D eigenvalue weighted by Crippen LogP contribution is 2.55. The fourth-order valence-electron chi connectivity index (χ4n) is 4.43. The number of nitrogens with zero attached hydrogens (tertiary/aromatic N) is 3. The van der Waals surface area contributed by atoms with E-state index in [1.54, 1.807) is 12.1 Å². The van der Waals surface area contributed by atoms with Crippen molar-refractivity contribution in [3.05, 3.63) is 41.5 Å². The van der Waals surface area contributed by atoms with E-state index < -0.39 is 6.04 Å². The number of hydrogen-bond acceptors (Lipinski definition) is 5. The number of aromatic nitrogens is 2.